The Morgan fingerprint density at radius 1 is 1.12 bits per heavy atom. The molecular weight excluding hydrogens is 448 g/mol. The number of carbonyl (C=O) groups excluding carboxylic acids is 1. The Hall–Kier alpha value is -2.98. The third kappa shape index (κ3) is 5.25. The van der Waals surface area contributed by atoms with Gasteiger partial charge in [-0.2, -0.15) is 5.10 Å². The summed E-state index contributed by atoms with van der Waals surface area (Å²) in [7, 11) is -3.90. The number of sulfone groups is 1. The predicted molar refractivity (Wildman–Crippen MR) is 126 cm³/mol. The third-order valence-electron chi connectivity index (χ3n) is 4.54. The van der Waals surface area contributed by atoms with Gasteiger partial charge in [0.15, 0.2) is 0 Å². The van der Waals surface area contributed by atoms with Crippen LogP contribution in [0, 0.1) is 6.92 Å². The van der Waals surface area contributed by atoms with Crippen LogP contribution < -0.4 is 15.8 Å². The van der Waals surface area contributed by atoms with Crippen molar-refractivity contribution in [1.29, 1.82) is 0 Å². The first kappa shape index (κ1) is 23.7. The second-order valence-electron chi connectivity index (χ2n) is 6.93. The van der Waals surface area contributed by atoms with Crippen molar-refractivity contribution in [1.82, 2.24) is 9.78 Å². The summed E-state index contributed by atoms with van der Waals surface area (Å²) in [5.41, 5.74) is 7.72. The number of rotatable bonds is 9. The number of nitrogen functional groups attached to an aromatic ring is 1. The molecule has 3 rings (SSSR count). The Labute approximate surface area is 192 Å². The van der Waals surface area contributed by atoms with Gasteiger partial charge in [-0.05, 0) is 56.0 Å². The minimum Gasteiger partial charge on any atom is -0.494 e. The number of thioether (sulfide) groups is 1. The van der Waals surface area contributed by atoms with Gasteiger partial charge in [-0.25, -0.2) is 13.1 Å². The lowest BCUT2D eigenvalue weighted by Gasteiger charge is -2.09. The molecule has 10 heteroatoms. The molecule has 0 atom stereocenters. The molecule has 8 nitrogen and oxygen atoms in total. The van der Waals surface area contributed by atoms with E-state index < -0.39 is 9.84 Å². The predicted octanol–water partition coefficient (Wildman–Crippen LogP) is 3.76. The number of hydrogen-bond donors (Lipinski definition) is 2. The van der Waals surface area contributed by atoms with Crippen LogP contribution in [0.25, 0.3) is 0 Å². The van der Waals surface area contributed by atoms with Gasteiger partial charge in [-0.15, -0.1) is 11.8 Å². The normalized spacial score (nSPS) is 11.3. The molecule has 0 fully saturated rings. The number of nitrogens with one attached hydrogen (secondary N) is 1. The lowest BCUT2D eigenvalue weighted by Crippen LogP contribution is -2.21. The molecular formula is C22H26N4O4S2. The van der Waals surface area contributed by atoms with Crippen molar-refractivity contribution in [3.8, 4) is 5.75 Å². The summed E-state index contributed by atoms with van der Waals surface area (Å²) in [5, 5.41) is 7.36. The molecule has 0 aliphatic heterocycles. The maximum Gasteiger partial charge on any atom is 0.246 e. The van der Waals surface area contributed by atoms with Crippen LogP contribution in [-0.2, 0) is 21.2 Å². The summed E-state index contributed by atoms with van der Waals surface area (Å²) in [5.74, 6) is 0.860. The molecule has 3 N–H and O–H groups in total. The van der Waals surface area contributed by atoms with Crippen molar-refractivity contribution in [3.05, 3.63) is 54.1 Å². The van der Waals surface area contributed by atoms with Crippen LogP contribution in [0.4, 0.5) is 11.5 Å². The molecule has 0 saturated carbocycles. The van der Waals surface area contributed by atoms with E-state index in [4.69, 9.17) is 10.5 Å². The largest absolute Gasteiger partial charge is 0.494 e. The summed E-state index contributed by atoms with van der Waals surface area (Å²) in [4.78, 5) is 12.6. The van der Waals surface area contributed by atoms with E-state index in [1.165, 1.54) is 16.4 Å². The summed E-state index contributed by atoms with van der Waals surface area (Å²) in [6, 6.07) is 13.5. The van der Waals surface area contributed by atoms with Crippen LogP contribution in [0.5, 0.6) is 5.75 Å². The van der Waals surface area contributed by atoms with Crippen LogP contribution >= 0.6 is 11.8 Å². The first-order valence-corrected chi connectivity index (χ1v) is 12.6. The molecule has 1 heterocycles. The van der Waals surface area contributed by atoms with Crippen LogP contribution in [0.1, 0.15) is 19.4 Å². The molecule has 2 aromatic carbocycles. The molecule has 1 aromatic heterocycles. The summed E-state index contributed by atoms with van der Waals surface area (Å²) in [6.45, 7) is 5.99. The number of carbonyl (C=O) groups is 1. The highest BCUT2D eigenvalue weighted by Gasteiger charge is 2.30. The molecule has 1 amide bonds. The Kier molecular flexibility index (Phi) is 7.47. The van der Waals surface area contributed by atoms with Gasteiger partial charge in [0, 0.05) is 5.69 Å². The minimum absolute atomic E-state index is 0.0663. The maximum atomic E-state index is 13.3. The molecule has 0 spiro atoms. The number of aromatic nitrogens is 2. The average molecular weight is 475 g/mol. The Morgan fingerprint density at radius 3 is 2.38 bits per heavy atom. The molecule has 170 valence electrons. The number of hydrogen-bond acceptors (Lipinski definition) is 7. The van der Waals surface area contributed by atoms with Crippen LogP contribution in [0.15, 0.2) is 63.3 Å². The van der Waals surface area contributed by atoms with Crippen LogP contribution in [0.2, 0.25) is 0 Å². The second-order valence-corrected chi connectivity index (χ2v) is 10.1. The average Bonchev–Trinajstić information content (AvgIpc) is 3.05. The maximum absolute atomic E-state index is 13.3. The highest BCUT2D eigenvalue weighted by atomic mass is 32.2. The zero-order chi connectivity index (χ0) is 23.3. The zero-order valence-electron chi connectivity index (χ0n) is 18.2. The Balaban J connectivity index is 1.86. The lowest BCUT2D eigenvalue weighted by molar-refractivity contribution is -0.116. The number of ether oxygens (including phenoxy) is 1. The van der Waals surface area contributed by atoms with Gasteiger partial charge < -0.3 is 15.8 Å². The van der Waals surface area contributed by atoms with E-state index in [1.807, 2.05) is 20.8 Å². The molecule has 32 heavy (non-hydrogen) atoms. The third-order valence-corrected chi connectivity index (χ3v) is 7.35. The summed E-state index contributed by atoms with van der Waals surface area (Å²) in [6.07, 6.45) is 0. The Morgan fingerprint density at radius 2 is 1.78 bits per heavy atom. The van der Waals surface area contributed by atoms with Crippen LogP contribution in [-0.4, -0.2) is 36.5 Å². The molecule has 0 saturated heterocycles. The second kappa shape index (κ2) is 10.1. The van der Waals surface area contributed by atoms with Gasteiger partial charge >= 0.3 is 0 Å². The molecule has 0 aliphatic carbocycles. The number of anilines is 2. The SMILES string of the molecule is CCOc1ccc(NC(=O)Cn2nc(SCC)c(S(=O)(=O)c3ccc(C)cc3)c2N)cc1. The van der Waals surface area contributed by atoms with E-state index in [0.717, 1.165) is 5.56 Å². The van der Waals surface area contributed by atoms with Gasteiger partial charge in [0.25, 0.3) is 0 Å². The minimum atomic E-state index is -3.90. The molecule has 0 bridgehead atoms. The van der Waals surface area contributed by atoms with Crippen molar-refractivity contribution in [2.45, 2.75) is 42.1 Å². The quantitative estimate of drug-likeness (QED) is 0.454. The van der Waals surface area contributed by atoms with E-state index in [1.54, 1.807) is 48.5 Å². The molecule has 3 aromatic rings. The fraction of sp³-hybridized carbons (Fsp3) is 0.273. The first-order chi connectivity index (χ1) is 15.3. The van der Waals surface area contributed by atoms with Gasteiger partial charge in [0.1, 0.15) is 28.0 Å². The van der Waals surface area contributed by atoms with Crippen molar-refractivity contribution in [2.24, 2.45) is 0 Å². The molecule has 0 aliphatic rings. The van der Waals surface area contributed by atoms with E-state index in [-0.39, 0.29) is 33.1 Å². The van der Waals surface area contributed by atoms with Crippen molar-refractivity contribution in [3.63, 3.8) is 0 Å². The van der Waals surface area contributed by atoms with Crippen LogP contribution in [0.3, 0.4) is 0 Å². The monoisotopic (exact) mass is 474 g/mol. The fourth-order valence-electron chi connectivity index (χ4n) is 3.01. The van der Waals surface area contributed by atoms with Gasteiger partial charge in [-0.1, -0.05) is 24.6 Å². The fourth-order valence-corrected chi connectivity index (χ4v) is 5.57. The number of benzene rings is 2. The first-order valence-electron chi connectivity index (χ1n) is 10.1. The highest BCUT2D eigenvalue weighted by molar-refractivity contribution is 8.00. The number of nitrogens with zero attached hydrogens (tertiary/aromatic N) is 2. The van der Waals surface area contributed by atoms with Gasteiger partial charge in [-0.3, -0.25) is 4.79 Å². The van der Waals surface area contributed by atoms with Gasteiger partial charge in [0.2, 0.25) is 15.7 Å². The van der Waals surface area contributed by atoms with Gasteiger partial charge in [0.05, 0.1) is 11.5 Å². The van der Waals surface area contributed by atoms with E-state index >= 15 is 0 Å². The topological polar surface area (TPSA) is 116 Å². The smallest absolute Gasteiger partial charge is 0.246 e. The zero-order valence-corrected chi connectivity index (χ0v) is 19.8. The van der Waals surface area contributed by atoms with E-state index in [2.05, 4.69) is 10.4 Å². The lowest BCUT2D eigenvalue weighted by atomic mass is 10.2. The number of amides is 1. The van der Waals surface area contributed by atoms with E-state index in [0.29, 0.717) is 23.8 Å². The highest BCUT2D eigenvalue weighted by Crippen LogP contribution is 2.35. The van der Waals surface area contributed by atoms with E-state index in [9.17, 15) is 13.2 Å². The standard InChI is InChI=1S/C22H26N4O4S2/c1-4-30-17-10-8-16(9-11-17)24-19(27)14-26-21(23)20(22(25-26)31-5-2)32(28,29)18-12-6-15(3)7-13-18/h6-13H,4-5,14,23H2,1-3H3,(H,24,27). The molecule has 0 radical (unpaired) electrons. The number of nitrogens with two attached hydrogens (primary N) is 1. The van der Waals surface area contributed by atoms with Crippen molar-refractivity contribution >= 4 is 39.0 Å². The summed E-state index contributed by atoms with van der Waals surface area (Å²) >= 11 is 1.26. The van der Waals surface area contributed by atoms with Crippen molar-refractivity contribution in [2.75, 3.05) is 23.4 Å². The molecule has 0 unspecified atom stereocenters. The number of aryl methyl sites for hydroxylation is 1. The summed E-state index contributed by atoms with van der Waals surface area (Å²) < 4.78 is 33.2. The Bertz CT molecular complexity index is 1190. The van der Waals surface area contributed by atoms with Crippen molar-refractivity contribution < 1.29 is 17.9 Å².